The Labute approximate surface area is 70.5 Å². The lowest BCUT2D eigenvalue weighted by Crippen LogP contribution is -2.18. The van der Waals surface area contributed by atoms with Crippen LogP contribution >= 0.6 is 0 Å². The first-order valence-electron chi connectivity index (χ1n) is 3.15. The average molecular weight is 163 g/mol. The van der Waals surface area contributed by atoms with Crippen LogP contribution in [-0.2, 0) is 4.79 Å². The Morgan fingerprint density at radius 2 is 2.25 bits per heavy atom. The van der Waals surface area contributed by atoms with Crippen LogP contribution < -0.4 is 5.73 Å². The van der Waals surface area contributed by atoms with E-state index < -0.39 is 5.91 Å². The second-order valence-corrected chi connectivity index (χ2v) is 2.18. The first-order valence-corrected chi connectivity index (χ1v) is 3.15. The van der Waals surface area contributed by atoms with Crippen LogP contribution in [0.5, 0.6) is 0 Å². The summed E-state index contributed by atoms with van der Waals surface area (Å²) in [5.74, 6) is -0.723. The van der Waals surface area contributed by atoms with Crippen molar-refractivity contribution >= 4 is 11.6 Å². The minimum absolute atomic E-state index is 0.0153. The molecule has 0 atom stereocenters. The Morgan fingerprint density at radius 1 is 1.75 bits per heavy atom. The predicted octanol–water partition coefficient (Wildman–Crippen LogP) is 0.518. The smallest absolute Gasteiger partial charge is 0.250 e. The molecule has 4 heteroatoms. The number of allylic oxidation sites excluding steroid dienone is 2. The molecular formula is C8H9N3O. The Morgan fingerprint density at radius 3 is 2.50 bits per heavy atom. The zero-order valence-corrected chi connectivity index (χ0v) is 6.72. The summed E-state index contributed by atoms with van der Waals surface area (Å²) < 4.78 is 0. The van der Waals surface area contributed by atoms with Crippen molar-refractivity contribution in [3.63, 3.8) is 0 Å². The standard InChI is InChI=1S/C8H9N3O/c1-5(4-9)3-7(6(2)10)8(11)12/h3,10H,1H2,2H3,(H2,11,12)/b7-3+,10-6?. The van der Waals surface area contributed by atoms with E-state index in [9.17, 15) is 4.79 Å². The van der Waals surface area contributed by atoms with Gasteiger partial charge in [0.05, 0.1) is 11.6 Å². The fraction of sp³-hybridized carbons (Fsp3) is 0.125. The molecule has 0 aromatic carbocycles. The molecule has 62 valence electrons. The van der Waals surface area contributed by atoms with Crippen LogP contribution in [0.15, 0.2) is 23.8 Å². The molecule has 0 saturated carbocycles. The number of amides is 1. The molecule has 12 heavy (non-hydrogen) atoms. The zero-order valence-electron chi connectivity index (χ0n) is 6.72. The van der Waals surface area contributed by atoms with Gasteiger partial charge < -0.3 is 11.1 Å². The second kappa shape index (κ2) is 4.09. The van der Waals surface area contributed by atoms with E-state index >= 15 is 0 Å². The molecule has 0 aliphatic carbocycles. The Kier molecular flexibility index (Phi) is 3.44. The fourth-order valence-corrected chi connectivity index (χ4v) is 0.571. The first kappa shape index (κ1) is 10.1. The molecule has 0 aliphatic heterocycles. The van der Waals surface area contributed by atoms with Crippen molar-refractivity contribution in [3.05, 3.63) is 23.8 Å². The molecule has 0 aromatic heterocycles. The normalized spacial score (nSPS) is 10.2. The van der Waals surface area contributed by atoms with Crippen LogP contribution in [0.1, 0.15) is 6.92 Å². The molecule has 0 radical (unpaired) electrons. The van der Waals surface area contributed by atoms with Gasteiger partial charge in [-0.1, -0.05) is 6.58 Å². The van der Waals surface area contributed by atoms with E-state index in [1.807, 2.05) is 0 Å². The van der Waals surface area contributed by atoms with Crippen molar-refractivity contribution in [3.8, 4) is 6.07 Å². The molecule has 0 unspecified atom stereocenters. The molecule has 0 aromatic rings. The minimum Gasteiger partial charge on any atom is -0.366 e. The van der Waals surface area contributed by atoms with Gasteiger partial charge in [-0.2, -0.15) is 5.26 Å². The van der Waals surface area contributed by atoms with Gasteiger partial charge >= 0.3 is 0 Å². The summed E-state index contributed by atoms with van der Waals surface area (Å²) in [6.07, 6.45) is 1.20. The molecule has 0 bridgehead atoms. The summed E-state index contributed by atoms with van der Waals surface area (Å²) in [6, 6.07) is 1.73. The molecule has 3 N–H and O–H groups in total. The van der Waals surface area contributed by atoms with E-state index in [2.05, 4.69) is 6.58 Å². The lowest BCUT2D eigenvalue weighted by molar-refractivity contribution is -0.114. The van der Waals surface area contributed by atoms with Crippen LogP contribution in [0.3, 0.4) is 0 Å². The van der Waals surface area contributed by atoms with E-state index in [1.54, 1.807) is 6.07 Å². The fourth-order valence-electron chi connectivity index (χ4n) is 0.571. The lowest BCUT2D eigenvalue weighted by Gasteiger charge is -1.97. The highest BCUT2D eigenvalue weighted by atomic mass is 16.1. The van der Waals surface area contributed by atoms with Gasteiger partial charge in [-0.15, -0.1) is 0 Å². The predicted molar refractivity (Wildman–Crippen MR) is 45.4 cm³/mol. The summed E-state index contributed by atoms with van der Waals surface area (Å²) in [5, 5.41) is 15.5. The van der Waals surface area contributed by atoms with Crippen LogP contribution in [0, 0.1) is 16.7 Å². The number of hydrogen-bond acceptors (Lipinski definition) is 3. The minimum atomic E-state index is -0.723. The number of primary amides is 1. The highest BCUT2D eigenvalue weighted by molar-refractivity contribution is 6.19. The number of nitrogens with zero attached hydrogens (tertiary/aromatic N) is 1. The first-order chi connectivity index (χ1) is 5.49. The molecule has 0 aliphatic rings. The SMILES string of the molecule is C=C(C#N)/C=C(\C(C)=N)C(N)=O. The average Bonchev–Trinajstić information content (AvgIpc) is 1.98. The van der Waals surface area contributed by atoms with Gasteiger partial charge in [0.2, 0.25) is 0 Å². The highest BCUT2D eigenvalue weighted by Gasteiger charge is 2.06. The topological polar surface area (TPSA) is 90.7 Å². The zero-order chi connectivity index (χ0) is 9.72. The molecular weight excluding hydrogens is 154 g/mol. The molecule has 0 heterocycles. The molecule has 0 fully saturated rings. The van der Waals surface area contributed by atoms with Crippen LogP contribution in [0.4, 0.5) is 0 Å². The van der Waals surface area contributed by atoms with Crippen molar-refractivity contribution in [1.29, 1.82) is 10.7 Å². The number of rotatable bonds is 3. The van der Waals surface area contributed by atoms with Gasteiger partial charge in [0.1, 0.15) is 0 Å². The summed E-state index contributed by atoms with van der Waals surface area (Å²) in [6.45, 7) is 4.75. The van der Waals surface area contributed by atoms with Crippen molar-refractivity contribution in [2.45, 2.75) is 6.92 Å². The van der Waals surface area contributed by atoms with E-state index in [1.165, 1.54) is 13.0 Å². The maximum absolute atomic E-state index is 10.7. The highest BCUT2D eigenvalue weighted by Crippen LogP contribution is 2.00. The molecule has 0 saturated heterocycles. The van der Waals surface area contributed by atoms with Crippen LogP contribution in [0.25, 0.3) is 0 Å². The van der Waals surface area contributed by atoms with Gasteiger partial charge in [-0.3, -0.25) is 4.79 Å². The van der Waals surface area contributed by atoms with E-state index in [0.717, 1.165) is 0 Å². The largest absolute Gasteiger partial charge is 0.366 e. The Balaban J connectivity index is 4.90. The van der Waals surface area contributed by atoms with Crippen molar-refractivity contribution in [2.75, 3.05) is 0 Å². The van der Waals surface area contributed by atoms with E-state index in [4.69, 9.17) is 16.4 Å². The molecule has 0 spiro atoms. The van der Waals surface area contributed by atoms with Crippen molar-refractivity contribution in [1.82, 2.24) is 0 Å². The van der Waals surface area contributed by atoms with E-state index in [0.29, 0.717) is 0 Å². The third kappa shape index (κ3) is 2.80. The lowest BCUT2D eigenvalue weighted by atomic mass is 10.1. The third-order valence-corrected chi connectivity index (χ3v) is 1.13. The number of carbonyl (C=O) groups is 1. The molecule has 4 nitrogen and oxygen atoms in total. The van der Waals surface area contributed by atoms with E-state index in [-0.39, 0.29) is 16.9 Å². The van der Waals surface area contributed by atoms with Crippen LogP contribution in [-0.4, -0.2) is 11.6 Å². The number of hydrogen-bond donors (Lipinski definition) is 2. The molecule has 0 rings (SSSR count). The quantitative estimate of drug-likeness (QED) is 0.275. The third-order valence-electron chi connectivity index (χ3n) is 1.13. The van der Waals surface area contributed by atoms with Gasteiger partial charge in [-0.05, 0) is 13.0 Å². The summed E-state index contributed by atoms with van der Waals surface area (Å²) in [7, 11) is 0. The summed E-state index contributed by atoms with van der Waals surface area (Å²) >= 11 is 0. The molecule has 1 amide bonds. The summed E-state index contributed by atoms with van der Waals surface area (Å²) in [4.78, 5) is 10.7. The van der Waals surface area contributed by atoms with Gasteiger partial charge in [-0.25, -0.2) is 0 Å². The summed E-state index contributed by atoms with van der Waals surface area (Å²) in [5.41, 5.74) is 5.09. The number of nitrogens with one attached hydrogen (secondary N) is 1. The monoisotopic (exact) mass is 163 g/mol. The van der Waals surface area contributed by atoms with Crippen molar-refractivity contribution in [2.24, 2.45) is 5.73 Å². The number of nitriles is 1. The van der Waals surface area contributed by atoms with Gasteiger partial charge in [0.25, 0.3) is 5.91 Å². The Bertz CT molecular complexity index is 291. The van der Waals surface area contributed by atoms with Gasteiger partial charge in [0, 0.05) is 11.3 Å². The Hall–Kier alpha value is -1.89. The maximum atomic E-state index is 10.7. The number of carbonyl (C=O) groups excluding carboxylic acids is 1. The van der Waals surface area contributed by atoms with Crippen molar-refractivity contribution < 1.29 is 4.79 Å². The number of nitrogens with two attached hydrogens (primary N) is 1. The van der Waals surface area contributed by atoms with Crippen LogP contribution in [0.2, 0.25) is 0 Å². The second-order valence-electron chi connectivity index (χ2n) is 2.18. The maximum Gasteiger partial charge on any atom is 0.250 e. The van der Waals surface area contributed by atoms with Gasteiger partial charge in [0.15, 0.2) is 0 Å².